The largest absolute Gasteiger partial charge is 0.471 e. The molecule has 1 amide bonds. The summed E-state index contributed by atoms with van der Waals surface area (Å²) in [5, 5.41) is 19.7. The molecule has 3 fully saturated rings. The van der Waals surface area contributed by atoms with E-state index in [-0.39, 0.29) is 25.5 Å². The van der Waals surface area contributed by atoms with Crippen LogP contribution in [0.3, 0.4) is 0 Å². The van der Waals surface area contributed by atoms with E-state index in [0.29, 0.717) is 66.1 Å². The van der Waals surface area contributed by atoms with E-state index in [1.807, 2.05) is 0 Å². The van der Waals surface area contributed by atoms with Crippen molar-refractivity contribution in [3.63, 3.8) is 0 Å². The number of amides is 1. The number of pyridine rings is 1. The highest BCUT2D eigenvalue weighted by molar-refractivity contribution is 7.90. The van der Waals surface area contributed by atoms with Gasteiger partial charge in [-0.1, -0.05) is 11.8 Å². The SMILES string of the molecule is O=C(N1CCC(C#Cc2cnc(Nc3ccnc(-c4cnn(S(=O)(=O)C5CC5)c4)n3)cc2NC[C@H]2CC[C@H](CO)CC2)C1)C(F)(F)F. The predicted molar refractivity (Wildman–Crippen MR) is 167 cm³/mol. The van der Waals surface area contributed by atoms with E-state index in [9.17, 15) is 31.5 Å². The lowest BCUT2D eigenvalue weighted by atomic mass is 9.82. The molecule has 0 radical (unpaired) electrons. The number of nitrogens with zero attached hydrogens (tertiary/aromatic N) is 6. The van der Waals surface area contributed by atoms with Gasteiger partial charge in [0.15, 0.2) is 5.82 Å². The van der Waals surface area contributed by atoms with Crippen molar-refractivity contribution in [1.82, 2.24) is 29.0 Å². The van der Waals surface area contributed by atoms with Gasteiger partial charge in [0, 0.05) is 50.6 Å². The molecule has 0 aromatic carbocycles. The van der Waals surface area contributed by atoms with Gasteiger partial charge in [-0.15, -0.1) is 0 Å². The van der Waals surface area contributed by atoms with Gasteiger partial charge in [0.05, 0.1) is 34.5 Å². The van der Waals surface area contributed by atoms with Crippen molar-refractivity contribution in [2.24, 2.45) is 17.8 Å². The molecule has 3 aromatic rings. The molecule has 16 heteroatoms. The fourth-order valence-corrected chi connectivity index (χ4v) is 7.32. The second-order valence-electron chi connectivity index (χ2n) is 12.3. The van der Waals surface area contributed by atoms with E-state index < -0.39 is 33.3 Å². The van der Waals surface area contributed by atoms with Crippen molar-refractivity contribution < 1.29 is 31.5 Å². The highest BCUT2D eigenvalue weighted by atomic mass is 32.2. The first-order valence-electron chi connectivity index (χ1n) is 15.6. The van der Waals surface area contributed by atoms with E-state index in [1.54, 1.807) is 18.3 Å². The summed E-state index contributed by atoms with van der Waals surface area (Å²) < 4.78 is 64.7. The third-order valence-corrected chi connectivity index (χ3v) is 10.8. The third kappa shape index (κ3) is 7.84. The number of aromatic nitrogens is 5. The van der Waals surface area contributed by atoms with E-state index in [1.165, 1.54) is 18.6 Å². The van der Waals surface area contributed by atoms with Crippen LogP contribution in [0, 0.1) is 29.6 Å². The number of carbonyl (C=O) groups excluding carboxylic acids is 1. The third-order valence-electron chi connectivity index (χ3n) is 8.78. The van der Waals surface area contributed by atoms with Crippen molar-refractivity contribution in [1.29, 1.82) is 0 Å². The number of rotatable bonds is 9. The Morgan fingerprint density at radius 3 is 2.53 bits per heavy atom. The molecule has 6 rings (SSSR count). The first-order valence-corrected chi connectivity index (χ1v) is 17.1. The Kier molecular flexibility index (Phi) is 9.38. The second-order valence-corrected chi connectivity index (χ2v) is 14.4. The predicted octanol–water partition coefficient (Wildman–Crippen LogP) is 3.79. The van der Waals surface area contributed by atoms with E-state index in [2.05, 4.69) is 42.5 Å². The molecule has 3 aromatic heterocycles. The molecule has 47 heavy (non-hydrogen) atoms. The molecule has 1 saturated heterocycles. The first-order chi connectivity index (χ1) is 22.5. The van der Waals surface area contributed by atoms with Gasteiger partial charge in [0.2, 0.25) is 0 Å². The Hall–Kier alpha value is -4.23. The Labute approximate surface area is 270 Å². The minimum Gasteiger partial charge on any atom is -0.396 e. The minimum atomic E-state index is -4.91. The van der Waals surface area contributed by atoms with Crippen molar-refractivity contribution in [2.45, 2.75) is 56.4 Å². The average Bonchev–Trinajstić information content (AvgIpc) is 3.62. The summed E-state index contributed by atoms with van der Waals surface area (Å²) in [4.78, 5) is 25.7. The van der Waals surface area contributed by atoms with Gasteiger partial charge in [0.25, 0.3) is 10.0 Å². The zero-order valence-corrected chi connectivity index (χ0v) is 26.3. The minimum absolute atomic E-state index is 0.00153. The van der Waals surface area contributed by atoms with Crippen LogP contribution in [0.4, 0.5) is 30.5 Å². The van der Waals surface area contributed by atoms with E-state index >= 15 is 0 Å². The summed E-state index contributed by atoms with van der Waals surface area (Å²) in [5.74, 6) is 5.72. The standard InChI is InChI=1S/C31H35F3N8O4S/c32-31(33,34)30(44)41-12-10-21(17-41)5-6-23-15-37-28(13-26(23)36-14-20-1-3-22(19-43)4-2-20)39-27-9-11-35-29(40-27)24-16-38-42(18-24)47(45,46)25-7-8-25/h9,11,13,15-16,18,20-22,25,43H,1-4,7-8,10,12,14,17,19H2,(H2,35,36,37,39,40)/t20-,21?,22-. The molecule has 1 aliphatic heterocycles. The Morgan fingerprint density at radius 2 is 1.81 bits per heavy atom. The van der Waals surface area contributed by atoms with Crippen molar-refractivity contribution >= 4 is 33.3 Å². The number of nitrogens with one attached hydrogen (secondary N) is 2. The fourth-order valence-electron chi connectivity index (χ4n) is 5.84. The molecule has 3 aliphatic rings. The first kappa shape index (κ1) is 32.7. The van der Waals surface area contributed by atoms with Gasteiger partial charge >= 0.3 is 12.1 Å². The van der Waals surface area contributed by atoms with Crippen molar-refractivity contribution in [3.8, 4) is 23.2 Å². The molecule has 250 valence electrons. The highest BCUT2D eigenvalue weighted by Crippen LogP contribution is 2.32. The lowest BCUT2D eigenvalue weighted by Crippen LogP contribution is -2.39. The van der Waals surface area contributed by atoms with Gasteiger partial charge in [0.1, 0.15) is 11.6 Å². The Balaban J connectivity index is 1.19. The van der Waals surface area contributed by atoms with Crippen LogP contribution in [0.5, 0.6) is 0 Å². The van der Waals surface area contributed by atoms with Crippen molar-refractivity contribution in [2.75, 3.05) is 36.9 Å². The number of anilines is 3. The van der Waals surface area contributed by atoms with Gasteiger partial charge in [-0.25, -0.2) is 23.4 Å². The topological polar surface area (TPSA) is 155 Å². The summed E-state index contributed by atoms with van der Waals surface area (Å²) in [6.45, 7) is 0.771. The average molecular weight is 673 g/mol. The molecule has 12 nitrogen and oxygen atoms in total. The summed E-state index contributed by atoms with van der Waals surface area (Å²) in [5.41, 5.74) is 1.69. The van der Waals surface area contributed by atoms with Gasteiger partial charge in [-0.3, -0.25) is 4.79 Å². The number of halogens is 3. The number of hydrogen-bond donors (Lipinski definition) is 3. The van der Waals surface area contributed by atoms with Crippen molar-refractivity contribution in [3.05, 3.63) is 42.5 Å². The van der Waals surface area contributed by atoms with Crippen LogP contribution in [0.15, 0.2) is 36.9 Å². The second kappa shape index (κ2) is 13.5. The maximum atomic E-state index is 12.9. The summed E-state index contributed by atoms with van der Waals surface area (Å²) in [6, 6.07) is 3.42. The maximum absolute atomic E-state index is 12.9. The summed E-state index contributed by atoms with van der Waals surface area (Å²) >= 11 is 0. The van der Waals surface area contributed by atoms with Crippen LogP contribution in [0.25, 0.3) is 11.4 Å². The van der Waals surface area contributed by atoms with Crippen LogP contribution < -0.4 is 10.6 Å². The highest BCUT2D eigenvalue weighted by Gasteiger charge is 2.44. The van der Waals surface area contributed by atoms with Gasteiger partial charge in [-0.05, 0) is 62.8 Å². The zero-order valence-electron chi connectivity index (χ0n) is 25.4. The van der Waals surface area contributed by atoms with Crippen LogP contribution in [-0.4, -0.2) is 86.1 Å². The van der Waals surface area contributed by atoms with Gasteiger partial charge in [-0.2, -0.15) is 22.4 Å². The molecular weight excluding hydrogens is 637 g/mol. The lowest BCUT2D eigenvalue weighted by molar-refractivity contribution is -0.184. The zero-order chi connectivity index (χ0) is 33.2. The monoisotopic (exact) mass is 672 g/mol. The molecule has 0 spiro atoms. The molecular formula is C31H35F3N8O4S. The smallest absolute Gasteiger partial charge is 0.396 e. The summed E-state index contributed by atoms with van der Waals surface area (Å²) in [7, 11) is -3.53. The number of carbonyl (C=O) groups is 1. The number of alkyl halides is 3. The molecule has 4 heterocycles. The fraction of sp³-hybridized carbons (Fsp3) is 0.516. The number of aliphatic hydroxyl groups excluding tert-OH is 1. The maximum Gasteiger partial charge on any atom is 0.471 e. The number of likely N-dealkylation sites (tertiary alicyclic amines) is 1. The Morgan fingerprint density at radius 1 is 1.04 bits per heavy atom. The van der Waals surface area contributed by atoms with E-state index in [4.69, 9.17) is 0 Å². The Bertz CT molecular complexity index is 1780. The molecule has 1 unspecified atom stereocenters. The number of hydrogen-bond acceptors (Lipinski definition) is 10. The molecule has 2 saturated carbocycles. The summed E-state index contributed by atoms with van der Waals surface area (Å²) in [6.07, 6.45) is 6.45. The lowest BCUT2D eigenvalue weighted by Gasteiger charge is -2.27. The molecule has 1 atom stereocenters. The number of aliphatic hydroxyl groups is 1. The molecule has 0 bridgehead atoms. The van der Waals surface area contributed by atoms with Crippen LogP contribution in [0.1, 0.15) is 50.5 Å². The molecule has 2 aliphatic carbocycles. The van der Waals surface area contributed by atoms with Crippen LogP contribution in [0.2, 0.25) is 0 Å². The van der Waals surface area contributed by atoms with Crippen LogP contribution in [-0.2, 0) is 14.8 Å². The molecule has 3 N–H and O–H groups in total. The quantitative estimate of drug-likeness (QED) is 0.286. The van der Waals surface area contributed by atoms with Crippen LogP contribution >= 0.6 is 0 Å². The van der Waals surface area contributed by atoms with E-state index in [0.717, 1.165) is 34.7 Å². The normalized spacial score (nSPS) is 21.6. The van der Waals surface area contributed by atoms with Gasteiger partial charge < -0.3 is 20.6 Å².